The van der Waals surface area contributed by atoms with Crippen LogP contribution in [0.2, 0.25) is 5.02 Å². The first-order valence-corrected chi connectivity index (χ1v) is 9.24. The number of pyridine rings is 1. The van der Waals surface area contributed by atoms with E-state index in [2.05, 4.69) is 21.5 Å². The minimum atomic E-state index is -3.66. The van der Waals surface area contributed by atoms with Gasteiger partial charge < -0.3 is 4.90 Å². The zero-order valence-corrected chi connectivity index (χ0v) is 14.7. The van der Waals surface area contributed by atoms with Gasteiger partial charge in [-0.15, -0.1) is 0 Å². The molecule has 7 heteroatoms. The van der Waals surface area contributed by atoms with Gasteiger partial charge in [0.1, 0.15) is 5.82 Å². The summed E-state index contributed by atoms with van der Waals surface area (Å²) in [7, 11) is -1.67. The van der Waals surface area contributed by atoms with Crippen LogP contribution < -0.4 is 9.62 Å². The summed E-state index contributed by atoms with van der Waals surface area (Å²) in [6, 6.07) is 9.49. The number of aromatic nitrogens is 1. The van der Waals surface area contributed by atoms with Gasteiger partial charge in [-0.3, -0.25) is 4.72 Å². The van der Waals surface area contributed by atoms with E-state index in [-0.39, 0.29) is 10.7 Å². The van der Waals surface area contributed by atoms with Crippen LogP contribution in [-0.2, 0) is 10.0 Å². The Hall–Kier alpha value is -1.79. The highest BCUT2D eigenvalue weighted by molar-refractivity contribution is 7.92. The van der Waals surface area contributed by atoms with Crippen LogP contribution >= 0.6 is 11.6 Å². The van der Waals surface area contributed by atoms with Gasteiger partial charge in [-0.2, -0.15) is 0 Å². The summed E-state index contributed by atoms with van der Waals surface area (Å²) in [5.41, 5.74) is 0.952. The Bertz CT molecular complexity index is 731. The molecule has 1 aromatic carbocycles. The zero-order valence-electron chi connectivity index (χ0n) is 13.2. The van der Waals surface area contributed by atoms with Gasteiger partial charge in [0.2, 0.25) is 0 Å². The lowest BCUT2D eigenvalue weighted by Gasteiger charge is -2.18. The quantitative estimate of drug-likeness (QED) is 0.823. The summed E-state index contributed by atoms with van der Waals surface area (Å²) < 4.78 is 27.0. The smallest absolute Gasteiger partial charge is 0.263 e. The van der Waals surface area contributed by atoms with Gasteiger partial charge in [0.25, 0.3) is 10.0 Å². The highest BCUT2D eigenvalue weighted by atomic mass is 35.5. The number of hydrogen-bond donors (Lipinski definition) is 1. The summed E-state index contributed by atoms with van der Waals surface area (Å²) >= 11 is 5.77. The van der Waals surface area contributed by atoms with E-state index in [0.29, 0.717) is 5.02 Å². The number of nitrogens with zero attached hydrogens (tertiary/aromatic N) is 2. The first kappa shape index (κ1) is 17.6. The van der Waals surface area contributed by atoms with Crippen molar-refractivity contribution in [3.05, 3.63) is 47.6 Å². The lowest BCUT2D eigenvalue weighted by molar-refractivity contribution is 0.601. The Balaban J connectivity index is 2.09. The number of sulfonamides is 1. The van der Waals surface area contributed by atoms with Gasteiger partial charge in [0.05, 0.1) is 16.8 Å². The normalized spacial score (nSPS) is 11.3. The van der Waals surface area contributed by atoms with Crippen LogP contribution in [0, 0.1) is 0 Å². The van der Waals surface area contributed by atoms with Crippen LogP contribution in [0.1, 0.15) is 19.8 Å². The summed E-state index contributed by atoms with van der Waals surface area (Å²) in [6.45, 7) is 3.08. The molecule has 23 heavy (non-hydrogen) atoms. The molecule has 0 unspecified atom stereocenters. The second kappa shape index (κ2) is 7.66. The minimum Gasteiger partial charge on any atom is -0.373 e. The van der Waals surface area contributed by atoms with Gasteiger partial charge in [-0.25, -0.2) is 13.4 Å². The third-order valence-electron chi connectivity index (χ3n) is 3.40. The maximum absolute atomic E-state index is 12.3. The van der Waals surface area contributed by atoms with Gasteiger partial charge in [-0.1, -0.05) is 24.9 Å². The fourth-order valence-corrected chi connectivity index (χ4v) is 3.14. The number of nitrogens with one attached hydrogen (secondary N) is 1. The van der Waals surface area contributed by atoms with Crippen molar-refractivity contribution in [2.75, 3.05) is 23.2 Å². The van der Waals surface area contributed by atoms with Crippen molar-refractivity contribution in [2.24, 2.45) is 0 Å². The van der Waals surface area contributed by atoms with Crippen LogP contribution in [-0.4, -0.2) is 27.0 Å². The van der Waals surface area contributed by atoms with Gasteiger partial charge in [0, 0.05) is 18.6 Å². The number of rotatable bonds is 7. The molecule has 1 aromatic heterocycles. The Labute approximate surface area is 142 Å². The van der Waals surface area contributed by atoms with E-state index >= 15 is 0 Å². The van der Waals surface area contributed by atoms with Crippen molar-refractivity contribution in [3.63, 3.8) is 0 Å². The summed E-state index contributed by atoms with van der Waals surface area (Å²) in [5.74, 6) is 0.285. The van der Waals surface area contributed by atoms with Gasteiger partial charge in [-0.05, 0) is 42.8 Å². The first-order chi connectivity index (χ1) is 10.9. The second-order valence-corrected chi connectivity index (χ2v) is 7.36. The van der Waals surface area contributed by atoms with Crippen molar-refractivity contribution < 1.29 is 8.42 Å². The third-order valence-corrected chi connectivity index (χ3v) is 5.02. The second-order valence-electron chi connectivity index (χ2n) is 5.24. The van der Waals surface area contributed by atoms with Crippen molar-refractivity contribution in [3.8, 4) is 0 Å². The molecule has 1 N–H and O–H groups in total. The lowest BCUT2D eigenvalue weighted by Crippen LogP contribution is -2.19. The molecular formula is C16H20ClN3O2S. The first-order valence-electron chi connectivity index (χ1n) is 7.38. The van der Waals surface area contributed by atoms with Crippen molar-refractivity contribution in [2.45, 2.75) is 24.7 Å². The van der Waals surface area contributed by atoms with Crippen LogP contribution in [0.4, 0.5) is 11.5 Å². The molecule has 124 valence electrons. The number of unbranched alkanes of at least 4 members (excludes halogenated alkanes) is 1. The monoisotopic (exact) mass is 353 g/mol. The molecule has 0 atom stereocenters. The molecule has 5 nitrogen and oxygen atoms in total. The molecule has 0 saturated heterocycles. The van der Waals surface area contributed by atoms with Crippen LogP contribution in [0.25, 0.3) is 0 Å². The van der Waals surface area contributed by atoms with E-state index in [1.54, 1.807) is 12.3 Å². The van der Waals surface area contributed by atoms with E-state index in [4.69, 9.17) is 11.6 Å². The topological polar surface area (TPSA) is 62.3 Å². The maximum Gasteiger partial charge on any atom is 0.263 e. The number of benzene rings is 1. The number of hydrogen-bond acceptors (Lipinski definition) is 4. The average molecular weight is 354 g/mol. The molecule has 0 aliphatic heterocycles. The van der Waals surface area contributed by atoms with E-state index < -0.39 is 10.0 Å². The predicted molar refractivity (Wildman–Crippen MR) is 94.7 cm³/mol. The van der Waals surface area contributed by atoms with E-state index in [1.165, 1.54) is 24.3 Å². The molecule has 0 bridgehead atoms. The molecule has 0 spiro atoms. The fourth-order valence-electron chi connectivity index (χ4n) is 2.01. The van der Waals surface area contributed by atoms with Crippen molar-refractivity contribution in [1.29, 1.82) is 0 Å². The summed E-state index contributed by atoms with van der Waals surface area (Å²) in [5, 5.41) is 0.488. The Morgan fingerprint density at radius 2 is 1.87 bits per heavy atom. The molecule has 0 radical (unpaired) electrons. The fraction of sp³-hybridized carbons (Fsp3) is 0.312. The maximum atomic E-state index is 12.3. The molecule has 1 heterocycles. The predicted octanol–water partition coefficient (Wildman–Crippen LogP) is 3.77. The average Bonchev–Trinajstić information content (AvgIpc) is 2.53. The Kier molecular flexibility index (Phi) is 5.85. The Morgan fingerprint density at radius 3 is 2.43 bits per heavy atom. The van der Waals surface area contributed by atoms with Crippen molar-refractivity contribution >= 4 is 33.1 Å². The Morgan fingerprint density at radius 1 is 1.17 bits per heavy atom. The zero-order chi connectivity index (χ0) is 16.9. The summed E-state index contributed by atoms with van der Waals surface area (Å²) in [4.78, 5) is 6.42. The molecule has 2 rings (SSSR count). The van der Waals surface area contributed by atoms with Gasteiger partial charge in [0.15, 0.2) is 0 Å². The molecule has 0 fully saturated rings. The third kappa shape index (κ3) is 4.84. The number of halogens is 1. The SMILES string of the molecule is CCCCN(C)c1ccc(NS(=O)(=O)c2ccc(Cl)cc2)nc1. The van der Waals surface area contributed by atoms with E-state index in [1.807, 2.05) is 13.1 Å². The molecule has 0 aliphatic rings. The highest BCUT2D eigenvalue weighted by Gasteiger charge is 2.14. The van der Waals surface area contributed by atoms with Crippen LogP contribution in [0.3, 0.4) is 0 Å². The lowest BCUT2D eigenvalue weighted by atomic mass is 10.3. The molecule has 2 aromatic rings. The van der Waals surface area contributed by atoms with Crippen LogP contribution in [0.5, 0.6) is 0 Å². The molecular weight excluding hydrogens is 334 g/mol. The standard InChI is InChI=1S/C16H20ClN3O2S/c1-3-4-11-20(2)14-7-10-16(18-12-14)19-23(21,22)15-8-5-13(17)6-9-15/h5-10,12H,3-4,11H2,1-2H3,(H,18,19). The van der Waals surface area contributed by atoms with E-state index in [9.17, 15) is 8.42 Å². The highest BCUT2D eigenvalue weighted by Crippen LogP contribution is 2.19. The largest absolute Gasteiger partial charge is 0.373 e. The summed E-state index contributed by atoms with van der Waals surface area (Å²) in [6.07, 6.45) is 3.88. The van der Waals surface area contributed by atoms with Gasteiger partial charge >= 0.3 is 0 Å². The van der Waals surface area contributed by atoms with E-state index in [0.717, 1.165) is 25.1 Å². The molecule has 0 amide bonds. The minimum absolute atomic E-state index is 0.146. The van der Waals surface area contributed by atoms with Crippen molar-refractivity contribution in [1.82, 2.24) is 4.98 Å². The van der Waals surface area contributed by atoms with Crippen LogP contribution in [0.15, 0.2) is 47.5 Å². The number of anilines is 2. The molecule has 0 saturated carbocycles. The molecule has 0 aliphatic carbocycles.